The van der Waals surface area contributed by atoms with Crippen LogP contribution in [-0.2, 0) is 29.0 Å². The summed E-state index contributed by atoms with van der Waals surface area (Å²) < 4.78 is 19.4. The lowest BCUT2D eigenvalue weighted by Gasteiger charge is -2.43. The van der Waals surface area contributed by atoms with Gasteiger partial charge < -0.3 is 51.3 Å². The zero-order valence-corrected chi connectivity index (χ0v) is 28.9. The van der Waals surface area contributed by atoms with Crippen molar-refractivity contribution in [2.45, 2.75) is 76.9 Å². The van der Waals surface area contributed by atoms with E-state index in [4.69, 9.17) is 25.4 Å². The molecule has 3 aliphatic heterocycles. The molecule has 0 saturated carbocycles. The number of allylic oxidation sites excluding steroid dienone is 5. The Morgan fingerprint density at radius 3 is 2.75 bits per heavy atom. The van der Waals surface area contributed by atoms with E-state index in [2.05, 4.69) is 10.6 Å². The molecule has 0 radical (unpaired) electrons. The smallest absolute Gasteiger partial charge is 0.333 e. The molecule has 0 bridgehead atoms. The molecule has 268 valence electrons. The molecule has 3 aromatic rings. The molecule has 2 aromatic carbocycles. The van der Waals surface area contributed by atoms with E-state index < -0.39 is 35.6 Å². The number of esters is 1. The number of phenolic OH excluding ortho intramolecular Hbond substituents is 2. The minimum Gasteiger partial charge on any atom is -0.508 e. The van der Waals surface area contributed by atoms with Crippen molar-refractivity contribution in [3.05, 3.63) is 122 Å². The van der Waals surface area contributed by atoms with Gasteiger partial charge in [0, 0.05) is 47.8 Å². The number of aliphatic hydroxyl groups excluding tert-OH is 1. The summed E-state index contributed by atoms with van der Waals surface area (Å²) in [5.41, 5.74) is 14.3. The van der Waals surface area contributed by atoms with Crippen LogP contribution in [-0.4, -0.2) is 45.7 Å². The summed E-state index contributed by atoms with van der Waals surface area (Å²) in [5, 5.41) is 38.5. The van der Waals surface area contributed by atoms with Gasteiger partial charge in [0.15, 0.2) is 5.43 Å². The van der Waals surface area contributed by atoms with E-state index in [1.165, 1.54) is 0 Å². The number of nitrogens with two attached hydrogens (primary N) is 2. The number of carbonyl (C=O) groups excluding carboxylic acids is 1. The molecule has 51 heavy (non-hydrogen) atoms. The molecule has 0 saturated heterocycles. The van der Waals surface area contributed by atoms with Crippen LogP contribution in [0, 0.1) is 0 Å². The highest BCUT2D eigenvalue weighted by molar-refractivity contribution is 5.92. The summed E-state index contributed by atoms with van der Waals surface area (Å²) in [7, 11) is 0. The topological polar surface area (TPSA) is 203 Å². The highest BCUT2D eigenvalue weighted by Gasteiger charge is 2.47. The van der Waals surface area contributed by atoms with E-state index in [1.807, 2.05) is 37.4 Å². The van der Waals surface area contributed by atoms with Gasteiger partial charge in [-0.15, -0.1) is 0 Å². The van der Waals surface area contributed by atoms with E-state index in [9.17, 15) is 24.9 Å². The van der Waals surface area contributed by atoms with Crippen LogP contribution in [0.15, 0.2) is 98.7 Å². The van der Waals surface area contributed by atoms with Crippen molar-refractivity contribution in [3.8, 4) is 17.2 Å². The molecule has 1 aromatic heterocycles. The number of ether oxygens (including phenoxy) is 2. The molecule has 4 atom stereocenters. The van der Waals surface area contributed by atoms with Crippen molar-refractivity contribution in [2.24, 2.45) is 11.5 Å². The van der Waals surface area contributed by atoms with E-state index in [0.29, 0.717) is 42.8 Å². The first-order valence-electron chi connectivity index (χ1n) is 17.0. The Morgan fingerprint density at radius 1 is 1.25 bits per heavy atom. The predicted molar refractivity (Wildman–Crippen MR) is 193 cm³/mol. The van der Waals surface area contributed by atoms with Gasteiger partial charge in [-0.25, -0.2) is 4.79 Å². The lowest BCUT2D eigenvalue weighted by atomic mass is 9.78. The minimum absolute atomic E-state index is 0.00693. The Kier molecular flexibility index (Phi) is 10.00. The summed E-state index contributed by atoms with van der Waals surface area (Å²) in [4.78, 5) is 27.0. The number of carbonyl (C=O) groups is 1. The molecule has 12 nitrogen and oxygen atoms in total. The molecule has 0 aliphatic carbocycles. The van der Waals surface area contributed by atoms with Crippen molar-refractivity contribution in [1.29, 1.82) is 0 Å². The number of hydrogen-bond acceptors (Lipinski definition) is 12. The van der Waals surface area contributed by atoms with Crippen LogP contribution < -0.4 is 32.3 Å². The Balaban J connectivity index is 1.59. The van der Waals surface area contributed by atoms with Gasteiger partial charge in [-0.2, -0.15) is 0 Å². The second-order valence-corrected chi connectivity index (χ2v) is 13.4. The molecule has 0 spiro atoms. The summed E-state index contributed by atoms with van der Waals surface area (Å²) in [5.74, 6) is -0.659. The predicted octanol–water partition coefficient (Wildman–Crippen LogP) is 4.03. The molecule has 1 unspecified atom stereocenters. The number of aliphatic hydroxyl groups is 1. The molecule has 9 N–H and O–H groups in total. The Bertz CT molecular complexity index is 2080. The average Bonchev–Trinajstić information content (AvgIpc) is 3.11. The number of benzene rings is 2. The van der Waals surface area contributed by atoms with Crippen molar-refractivity contribution in [3.63, 3.8) is 0 Å². The fourth-order valence-electron chi connectivity index (χ4n) is 6.81. The standard InChI is InChI=1S/C39H44N4O8/c1-4-21(2)38(48)50-30-18-28-35(47)34-29(46)17-26(20-44)49-37(34)33(36(28)51-39(30,3)12-10-22-8-9-31(40)43-19-22)27(24-11-13-42-32(41)16-24)15-23-6-5-7-25(45)14-23/h4-9,11,14,16-17,19,27,30-31,42-45,47H,10,12-13,15,18,20,40-41H2,1-3H3/b21-4-/t27-,30-,31?,39+/m1/s1. The highest BCUT2D eigenvalue weighted by atomic mass is 16.6. The number of fused-ring (bicyclic) bond motifs is 2. The summed E-state index contributed by atoms with van der Waals surface area (Å²) in [6.45, 7) is 5.15. The second kappa shape index (κ2) is 14.4. The van der Waals surface area contributed by atoms with Gasteiger partial charge in [0.05, 0.1) is 12.0 Å². The molecule has 6 rings (SSSR count). The van der Waals surface area contributed by atoms with E-state index in [0.717, 1.165) is 22.8 Å². The van der Waals surface area contributed by atoms with Gasteiger partial charge >= 0.3 is 5.97 Å². The fraction of sp³-hybridized carbons (Fsp3) is 0.333. The van der Waals surface area contributed by atoms with Crippen LogP contribution in [0.2, 0.25) is 0 Å². The Morgan fingerprint density at radius 2 is 2.06 bits per heavy atom. The van der Waals surface area contributed by atoms with Gasteiger partial charge in [-0.1, -0.05) is 30.4 Å². The minimum atomic E-state index is -1.14. The van der Waals surface area contributed by atoms with Gasteiger partial charge in [0.1, 0.15) is 52.3 Å². The highest BCUT2D eigenvalue weighted by Crippen LogP contribution is 2.51. The molecule has 0 fully saturated rings. The number of rotatable bonds is 10. The maximum atomic E-state index is 13.7. The molecular formula is C39H44N4O8. The van der Waals surface area contributed by atoms with Gasteiger partial charge in [-0.05, 0) is 81.0 Å². The lowest BCUT2D eigenvalue weighted by Crippen LogP contribution is -2.51. The van der Waals surface area contributed by atoms with Crippen LogP contribution in [0.4, 0.5) is 0 Å². The van der Waals surface area contributed by atoms with Gasteiger partial charge in [-0.3, -0.25) is 4.79 Å². The van der Waals surface area contributed by atoms with E-state index in [-0.39, 0.29) is 52.1 Å². The zero-order chi connectivity index (χ0) is 36.4. The molecule has 3 aliphatic rings. The van der Waals surface area contributed by atoms with Crippen molar-refractivity contribution in [2.75, 3.05) is 6.54 Å². The molecular weight excluding hydrogens is 652 g/mol. The first kappa shape index (κ1) is 35.4. The maximum Gasteiger partial charge on any atom is 0.333 e. The molecule has 4 heterocycles. The number of dihydropyridines is 2. The van der Waals surface area contributed by atoms with Crippen molar-refractivity contribution >= 4 is 16.9 Å². The first-order chi connectivity index (χ1) is 24.4. The Hall–Kier alpha value is -5.46. The van der Waals surface area contributed by atoms with Gasteiger partial charge in [0.2, 0.25) is 0 Å². The molecule has 12 heteroatoms. The summed E-state index contributed by atoms with van der Waals surface area (Å²) in [6, 6.07) is 8.00. The van der Waals surface area contributed by atoms with E-state index >= 15 is 0 Å². The third-order valence-corrected chi connectivity index (χ3v) is 9.81. The fourth-order valence-corrected chi connectivity index (χ4v) is 6.81. The van der Waals surface area contributed by atoms with Crippen molar-refractivity contribution < 1.29 is 34.0 Å². The van der Waals surface area contributed by atoms with Gasteiger partial charge in [0.25, 0.3) is 0 Å². The third-order valence-electron chi connectivity index (χ3n) is 9.81. The summed E-state index contributed by atoms with van der Waals surface area (Å²) >= 11 is 0. The zero-order valence-electron chi connectivity index (χ0n) is 28.9. The number of hydrogen-bond donors (Lipinski definition) is 7. The van der Waals surface area contributed by atoms with Crippen LogP contribution in [0.3, 0.4) is 0 Å². The van der Waals surface area contributed by atoms with Crippen LogP contribution in [0.5, 0.6) is 17.2 Å². The average molecular weight is 697 g/mol. The first-order valence-corrected chi connectivity index (χ1v) is 17.0. The number of aromatic hydroxyl groups is 2. The van der Waals surface area contributed by atoms with Crippen LogP contribution >= 0.6 is 0 Å². The van der Waals surface area contributed by atoms with Crippen LogP contribution in [0.25, 0.3) is 11.0 Å². The Labute approximate surface area is 295 Å². The number of phenols is 2. The number of nitrogens with one attached hydrogen (secondary N) is 2. The van der Waals surface area contributed by atoms with Crippen molar-refractivity contribution in [1.82, 2.24) is 10.6 Å². The SMILES string of the molecule is C/C=C(/C)C(=O)O[C@@H]1Cc2c(c([C@H](Cc3cccc(O)c3)C3=CCNC(N)=C3)c3oc(CO)cc(=O)c3c2O)O[C@@]1(C)CCC1=CNC(N)C=C1. The van der Waals surface area contributed by atoms with E-state index in [1.54, 1.807) is 44.2 Å². The molecule has 0 amide bonds. The quantitative estimate of drug-likeness (QED) is 0.119. The maximum absolute atomic E-state index is 13.7. The lowest BCUT2D eigenvalue weighted by molar-refractivity contribution is -0.158. The summed E-state index contributed by atoms with van der Waals surface area (Å²) in [6.07, 6.45) is 11.1. The normalized spacial score (nSPS) is 22.1. The second-order valence-electron chi connectivity index (χ2n) is 13.4. The van der Waals surface area contributed by atoms with Crippen LogP contribution in [0.1, 0.15) is 62.0 Å². The monoisotopic (exact) mass is 696 g/mol. The largest absolute Gasteiger partial charge is 0.508 e. The third kappa shape index (κ3) is 7.24.